The number of aryl methyl sites for hydroxylation is 1. The fraction of sp³-hybridized carbons (Fsp3) is 0.562. The van der Waals surface area contributed by atoms with Crippen LogP contribution >= 0.6 is 0 Å². The van der Waals surface area contributed by atoms with E-state index >= 15 is 0 Å². The number of piperidine rings is 1. The van der Waals surface area contributed by atoms with Gasteiger partial charge in [0, 0.05) is 6.04 Å². The molecule has 0 saturated carbocycles. The first-order chi connectivity index (χ1) is 9.25. The van der Waals surface area contributed by atoms with Gasteiger partial charge in [0.25, 0.3) is 0 Å². The summed E-state index contributed by atoms with van der Waals surface area (Å²) in [5.74, 6) is 0.167. The molecule has 0 aromatic heterocycles. The van der Waals surface area contributed by atoms with Crippen molar-refractivity contribution in [1.29, 1.82) is 0 Å². The molecule has 2 rings (SSSR count). The Morgan fingerprint density at radius 1 is 1.37 bits per heavy atom. The Hall–Kier alpha value is -1.35. The third-order valence-electron chi connectivity index (χ3n) is 3.72. The van der Waals surface area contributed by atoms with E-state index in [4.69, 9.17) is 0 Å². The highest BCUT2D eigenvalue weighted by Crippen LogP contribution is 2.08. The highest BCUT2D eigenvalue weighted by atomic mass is 16.2. The molecular formula is C16H24N2O. The number of hydrogen-bond acceptors (Lipinski definition) is 2. The molecular weight excluding hydrogens is 236 g/mol. The predicted molar refractivity (Wildman–Crippen MR) is 78.0 cm³/mol. The Bertz CT molecular complexity index is 385. The number of carbonyl (C=O) groups excluding carboxylic acids is 1. The number of benzene rings is 1. The van der Waals surface area contributed by atoms with Gasteiger partial charge in [-0.15, -0.1) is 0 Å². The number of rotatable bonds is 5. The van der Waals surface area contributed by atoms with E-state index in [9.17, 15) is 4.79 Å². The topological polar surface area (TPSA) is 41.1 Å². The SMILES string of the molecule is CC(CCc1ccccc1)NC(=O)[C@H]1CCCCN1. The second kappa shape index (κ2) is 7.29. The normalized spacial score (nSPS) is 20.8. The predicted octanol–water partition coefficient (Wildman–Crippen LogP) is 2.27. The van der Waals surface area contributed by atoms with Gasteiger partial charge < -0.3 is 10.6 Å². The Morgan fingerprint density at radius 3 is 2.84 bits per heavy atom. The Kier molecular flexibility index (Phi) is 5.40. The fourth-order valence-electron chi connectivity index (χ4n) is 2.52. The standard InChI is InChI=1S/C16H24N2O/c1-13(10-11-14-7-3-2-4-8-14)18-16(19)15-9-5-6-12-17-15/h2-4,7-8,13,15,17H,5-6,9-12H2,1H3,(H,18,19)/t13?,15-/m1/s1. The number of hydrogen-bond donors (Lipinski definition) is 2. The van der Waals surface area contributed by atoms with Crippen LogP contribution in [0.4, 0.5) is 0 Å². The summed E-state index contributed by atoms with van der Waals surface area (Å²) in [4.78, 5) is 12.0. The van der Waals surface area contributed by atoms with Gasteiger partial charge in [-0.05, 0) is 44.7 Å². The summed E-state index contributed by atoms with van der Waals surface area (Å²) in [5.41, 5.74) is 1.33. The average Bonchev–Trinajstić information content (AvgIpc) is 2.47. The molecule has 2 atom stereocenters. The van der Waals surface area contributed by atoms with E-state index in [0.717, 1.165) is 32.2 Å². The Morgan fingerprint density at radius 2 is 2.16 bits per heavy atom. The van der Waals surface area contributed by atoms with Crippen molar-refractivity contribution in [3.8, 4) is 0 Å². The van der Waals surface area contributed by atoms with Crippen molar-refractivity contribution >= 4 is 5.91 Å². The number of nitrogens with one attached hydrogen (secondary N) is 2. The van der Waals surface area contributed by atoms with Crippen LogP contribution in [-0.4, -0.2) is 24.5 Å². The van der Waals surface area contributed by atoms with Crippen molar-refractivity contribution in [3.63, 3.8) is 0 Å². The van der Waals surface area contributed by atoms with E-state index in [1.54, 1.807) is 0 Å². The van der Waals surface area contributed by atoms with E-state index in [1.807, 2.05) is 6.07 Å². The lowest BCUT2D eigenvalue weighted by Crippen LogP contribution is -2.49. The minimum atomic E-state index is 0.0212. The molecule has 1 aliphatic heterocycles. The second-order valence-electron chi connectivity index (χ2n) is 5.44. The Balaban J connectivity index is 1.71. The largest absolute Gasteiger partial charge is 0.352 e. The van der Waals surface area contributed by atoms with Crippen LogP contribution in [-0.2, 0) is 11.2 Å². The molecule has 1 heterocycles. The van der Waals surface area contributed by atoms with Gasteiger partial charge in [-0.3, -0.25) is 4.79 Å². The summed E-state index contributed by atoms with van der Waals surface area (Å²) >= 11 is 0. The molecule has 1 fully saturated rings. The number of amides is 1. The smallest absolute Gasteiger partial charge is 0.237 e. The van der Waals surface area contributed by atoms with Crippen LogP contribution < -0.4 is 10.6 Å². The van der Waals surface area contributed by atoms with Crippen molar-refractivity contribution < 1.29 is 4.79 Å². The zero-order chi connectivity index (χ0) is 13.5. The molecule has 1 aromatic carbocycles. The van der Waals surface area contributed by atoms with E-state index in [0.29, 0.717) is 0 Å². The zero-order valence-electron chi connectivity index (χ0n) is 11.7. The zero-order valence-corrected chi connectivity index (χ0v) is 11.7. The van der Waals surface area contributed by atoms with Crippen molar-refractivity contribution in [3.05, 3.63) is 35.9 Å². The molecule has 3 nitrogen and oxygen atoms in total. The lowest BCUT2D eigenvalue weighted by Gasteiger charge is -2.24. The van der Waals surface area contributed by atoms with Crippen molar-refractivity contribution in [1.82, 2.24) is 10.6 Å². The van der Waals surface area contributed by atoms with E-state index in [-0.39, 0.29) is 18.0 Å². The molecule has 19 heavy (non-hydrogen) atoms. The third-order valence-corrected chi connectivity index (χ3v) is 3.72. The third kappa shape index (κ3) is 4.67. The van der Waals surface area contributed by atoms with Gasteiger partial charge in [-0.2, -0.15) is 0 Å². The molecule has 0 spiro atoms. The van der Waals surface area contributed by atoms with Gasteiger partial charge in [-0.1, -0.05) is 36.8 Å². The number of carbonyl (C=O) groups is 1. The summed E-state index contributed by atoms with van der Waals surface area (Å²) in [6.45, 7) is 3.06. The summed E-state index contributed by atoms with van der Waals surface area (Å²) in [5, 5.41) is 6.40. The molecule has 0 aliphatic carbocycles. The van der Waals surface area contributed by atoms with Crippen LogP contribution in [0.25, 0.3) is 0 Å². The molecule has 1 aliphatic rings. The van der Waals surface area contributed by atoms with Gasteiger partial charge in [0.05, 0.1) is 6.04 Å². The minimum absolute atomic E-state index is 0.0212. The summed E-state index contributed by atoms with van der Waals surface area (Å²) in [7, 11) is 0. The molecule has 2 N–H and O–H groups in total. The van der Waals surface area contributed by atoms with Gasteiger partial charge in [-0.25, -0.2) is 0 Å². The first kappa shape index (κ1) is 14.1. The van der Waals surface area contributed by atoms with Gasteiger partial charge in [0.1, 0.15) is 0 Å². The molecule has 1 unspecified atom stereocenters. The van der Waals surface area contributed by atoms with E-state index < -0.39 is 0 Å². The first-order valence-corrected chi connectivity index (χ1v) is 7.33. The fourth-order valence-corrected chi connectivity index (χ4v) is 2.52. The highest BCUT2D eigenvalue weighted by Gasteiger charge is 2.21. The van der Waals surface area contributed by atoms with Crippen LogP contribution in [0.5, 0.6) is 0 Å². The minimum Gasteiger partial charge on any atom is -0.352 e. The highest BCUT2D eigenvalue weighted by molar-refractivity contribution is 5.82. The monoisotopic (exact) mass is 260 g/mol. The summed E-state index contributed by atoms with van der Waals surface area (Å²) in [6, 6.07) is 10.7. The lowest BCUT2D eigenvalue weighted by atomic mass is 10.0. The van der Waals surface area contributed by atoms with Crippen LogP contribution in [0.1, 0.15) is 38.2 Å². The van der Waals surface area contributed by atoms with E-state index in [2.05, 4.69) is 41.8 Å². The molecule has 1 aromatic rings. The molecule has 3 heteroatoms. The maximum atomic E-state index is 12.0. The lowest BCUT2D eigenvalue weighted by molar-refractivity contribution is -0.124. The summed E-state index contributed by atoms with van der Waals surface area (Å²) in [6.07, 6.45) is 5.32. The molecule has 0 radical (unpaired) electrons. The molecule has 0 bridgehead atoms. The van der Waals surface area contributed by atoms with Crippen molar-refractivity contribution in [2.45, 2.75) is 51.1 Å². The Labute approximate surface area is 115 Å². The quantitative estimate of drug-likeness (QED) is 0.852. The van der Waals surface area contributed by atoms with Gasteiger partial charge in [0.2, 0.25) is 5.91 Å². The van der Waals surface area contributed by atoms with Gasteiger partial charge in [0.15, 0.2) is 0 Å². The second-order valence-corrected chi connectivity index (χ2v) is 5.44. The van der Waals surface area contributed by atoms with Crippen LogP contribution in [0.15, 0.2) is 30.3 Å². The first-order valence-electron chi connectivity index (χ1n) is 7.33. The van der Waals surface area contributed by atoms with Crippen molar-refractivity contribution in [2.75, 3.05) is 6.54 Å². The van der Waals surface area contributed by atoms with Crippen LogP contribution in [0.3, 0.4) is 0 Å². The van der Waals surface area contributed by atoms with E-state index in [1.165, 1.54) is 12.0 Å². The maximum Gasteiger partial charge on any atom is 0.237 e. The van der Waals surface area contributed by atoms with Gasteiger partial charge >= 0.3 is 0 Å². The molecule has 1 amide bonds. The van der Waals surface area contributed by atoms with Crippen LogP contribution in [0, 0.1) is 0 Å². The molecule has 104 valence electrons. The van der Waals surface area contributed by atoms with Crippen molar-refractivity contribution in [2.24, 2.45) is 0 Å². The van der Waals surface area contributed by atoms with Crippen LogP contribution in [0.2, 0.25) is 0 Å². The average molecular weight is 260 g/mol. The maximum absolute atomic E-state index is 12.0. The molecule has 1 saturated heterocycles. The summed E-state index contributed by atoms with van der Waals surface area (Å²) < 4.78 is 0.